The highest BCUT2D eigenvalue weighted by Gasteiger charge is 2.38. The van der Waals surface area contributed by atoms with Crippen LogP contribution in [0.5, 0.6) is 0 Å². The zero-order valence-electron chi connectivity index (χ0n) is 31.3. The van der Waals surface area contributed by atoms with Gasteiger partial charge in [0.25, 0.3) is 0 Å². The van der Waals surface area contributed by atoms with E-state index in [-0.39, 0.29) is 41.8 Å². The van der Waals surface area contributed by atoms with E-state index in [1.54, 1.807) is 23.2 Å². The number of fused-ring (bicyclic) bond motifs is 2. The summed E-state index contributed by atoms with van der Waals surface area (Å²) in [7, 11) is 0. The van der Waals surface area contributed by atoms with Gasteiger partial charge >= 0.3 is 12.2 Å². The van der Waals surface area contributed by atoms with Crippen molar-refractivity contribution in [1.29, 1.82) is 0 Å². The molecule has 51 heavy (non-hydrogen) atoms. The number of hydrogen-bond acceptors (Lipinski definition) is 5. The molecular weight excluding hydrogens is 654 g/mol. The fraction of sp³-hybridized carbons (Fsp3) is 0.525. The van der Waals surface area contributed by atoms with Gasteiger partial charge in [0.05, 0.1) is 5.52 Å². The number of carbonyl (C=O) groups excluding carboxylic acids is 3. The Morgan fingerprint density at radius 2 is 1.25 bits per heavy atom. The van der Waals surface area contributed by atoms with Crippen LogP contribution in [0.25, 0.3) is 21.8 Å². The average molecular weight is 707 g/mol. The first-order valence-electron chi connectivity index (χ1n) is 17.9. The molecule has 2 fully saturated rings. The molecule has 0 bridgehead atoms. The lowest BCUT2D eigenvalue weighted by atomic mass is 9.95. The summed E-state index contributed by atoms with van der Waals surface area (Å²) < 4.78 is 39.6. The van der Waals surface area contributed by atoms with Gasteiger partial charge in [0.15, 0.2) is 0 Å². The van der Waals surface area contributed by atoms with Crippen LogP contribution in [0.3, 0.4) is 0 Å². The minimum absolute atomic E-state index is 0.0177. The highest BCUT2D eigenvalue weighted by Crippen LogP contribution is 2.33. The monoisotopic (exact) mass is 706 g/mol. The lowest BCUT2D eigenvalue weighted by Crippen LogP contribution is -2.42. The van der Waals surface area contributed by atoms with E-state index < -0.39 is 11.2 Å². The summed E-state index contributed by atoms with van der Waals surface area (Å²) >= 11 is 0. The summed E-state index contributed by atoms with van der Waals surface area (Å²) in [6.45, 7) is 18.3. The Morgan fingerprint density at radius 1 is 0.765 bits per heavy atom. The molecule has 6 rings (SSSR count). The van der Waals surface area contributed by atoms with Crippen LogP contribution in [0.2, 0.25) is 0 Å². The van der Waals surface area contributed by atoms with Crippen LogP contribution in [-0.2, 0) is 22.3 Å². The SMILES string of the molecule is CC(=O)n1cc(C[C@@H]2[C@@H](C)CCN2C(=O)OC(C)(C)C)c2ccc(F)cc21.C[C@H]1CCN(C(=O)OC(C)(C)C)[C@@H]1Cc1c[nH]c2cc(F)ccc12. The standard InChI is InChI=1S/C21H27FN2O3.C19H25FN2O2/c1-13-8-9-23(20(26)27-21(3,4)5)18(13)10-15-12-24(14(2)25)19-11-16(22)6-7-17(15)19;1-12-7-8-22(18(23)24-19(2,3)4)17(12)9-13-11-21-16-10-14(20)5-6-15(13)16/h6-7,11-13,18H,8-10H2,1-5H3;5-6,10-12,17,21H,7-9H2,1-4H3/t13-,18+;12-,17+/m00/s1. The fourth-order valence-electron chi connectivity index (χ4n) is 7.21. The quantitative estimate of drug-likeness (QED) is 0.228. The first-order valence-corrected chi connectivity index (χ1v) is 17.9. The molecule has 0 spiro atoms. The van der Waals surface area contributed by atoms with E-state index >= 15 is 0 Å². The highest BCUT2D eigenvalue weighted by atomic mass is 19.1. The van der Waals surface area contributed by atoms with E-state index in [0.29, 0.717) is 30.3 Å². The number of carbonyl (C=O) groups is 3. The van der Waals surface area contributed by atoms with Gasteiger partial charge in [0.2, 0.25) is 5.91 Å². The van der Waals surface area contributed by atoms with Gasteiger partial charge in [-0.05, 0) is 127 Å². The molecular formula is C40H52F2N4O5. The molecule has 0 aliphatic carbocycles. The van der Waals surface area contributed by atoms with E-state index in [0.717, 1.165) is 53.2 Å². The van der Waals surface area contributed by atoms with Gasteiger partial charge in [0, 0.05) is 60.8 Å². The number of likely N-dealkylation sites (tertiary alicyclic amines) is 2. The maximum absolute atomic E-state index is 13.7. The summed E-state index contributed by atoms with van der Waals surface area (Å²) in [5, 5.41) is 1.86. The number of rotatable bonds is 4. The third kappa shape index (κ3) is 8.91. The van der Waals surface area contributed by atoms with E-state index in [1.807, 2.05) is 52.6 Å². The number of aromatic nitrogens is 2. The van der Waals surface area contributed by atoms with Gasteiger partial charge in [-0.15, -0.1) is 0 Å². The van der Waals surface area contributed by atoms with E-state index in [9.17, 15) is 23.2 Å². The molecule has 276 valence electrons. The molecule has 2 aromatic carbocycles. The Balaban J connectivity index is 0.000000199. The van der Waals surface area contributed by atoms with Crippen LogP contribution >= 0.6 is 0 Å². The largest absolute Gasteiger partial charge is 0.444 e. The van der Waals surface area contributed by atoms with Crippen LogP contribution < -0.4 is 0 Å². The Bertz CT molecular complexity index is 1900. The lowest BCUT2D eigenvalue weighted by Gasteiger charge is -2.30. The smallest absolute Gasteiger partial charge is 0.410 e. The first-order chi connectivity index (χ1) is 23.8. The second-order valence-electron chi connectivity index (χ2n) is 16.1. The number of amides is 2. The molecule has 4 aromatic rings. The van der Waals surface area contributed by atoms with Crippen molar-refractivity contribution in [3.05, 3.63) is 71.6 Å². The number of halogens is 2. The molecule has 2 aromatic heterocycles. The van der Waals surface area contributed by atoms with Crippen molar-refractivity contribution in [2.45, 2.75) is 111 Å². The molecule has 9 nitrogen and oxygen atoms in total. The number of H-pyrrole nitrogens is 1. The number of nitrogens with one attached hydrogen (secondary N) is 1. The number of hydrogen-bond donors (Lipinski definition) is 1. The average Bonchev–Trinajstić information content (AvgIpc) is 3.77. The third-order valence-corrected chi connectivity index (χ3v) is 9.80. The number of ether oxygens (including phenoxy) is 2. The molecule has 2 aliphatic rings. The molecule has 2 saturated heterocycles. The highest BCUT2D eigenvalue weighted by molar-refractivity contribution is 5.93. The van der Waals surface area contributed by atoms with Crippen molar-refractivity contribution >= 4 is 39.9 Å². The van der Waals surface area contributed by atoms with Crippen molar-refractivity contribution in [1.82, 2.24) is 19.4 Å². The molecule has 11 heteroatoms. The molecule has 2 amide bonds. The molecule has 4 heterocycles. The Kier molecular flexibility index (Phi) is 10.9. The predicted octanol–water partition coefficient (Wildman–Crippen LogP) is 9.12. The van der Waals surface area contributed by atoms with Gasteiger partial charge in [-0.25, -0.2) is 18.4 Å². The number of benzene rings is 2. The lowest BCUT2D eigenvalue weighted by molar-refractivity contribution is 0.0200. The minimum Gasteiger partial charge on any atom is -0.444 e. The van der Waals surface area contributed by atoms with Gasteiger partial charge < -0.3 is 24.3 Å². The second-order valence-corrected chi connectivity index (χ2v) is 16.1. The van der Waals surface area contributed by atoms with Gasteiger partial charge in [-0.1, -0.05) is 13.8 Å². The summed E-state index contributed by atoms with van der Waals surface area (Å²) in [5.74, 6) is -0.0725. The van der Waals surface area contributed by atoms with Crippen molar-refractivity contribution in [2.75, 3.05) is 13.1 Å². The normalized spacial score (nSPS) is 20.8. The van der Waals surface area contributed by atoms with Crippen molar-refractivity contribution in [3.63, 3.8) is 0 Å². The van der Waals surface area contributed by atoms with E-state index in [2.05, 4.69) is 18.8 Å². The number of nitrogens with zero attached hydrogens (tertiary/aromatic N) is 3. The van der Waals surface area contributed by atoms with E-state index in [1.165, 1.54) is 35.8 Å². The number of aromatic amines is 1. The van der Waals surface area contributed by atoms with Crippen LogP contribution in [0, 0.1) is 23.5 Å². The zero-order chi connectivity index (χ0) is 37.4. The van der Waals surface area contributed by atoms with Gasteiger partial charge in [-0.3, -0.25) is 9.36 Å². The molecule has 0 radical (unpaired) electrons. The Morgan fingerprint density at radius 3 is 1.76 bits per heavy atom. The van der Waals surface area contributed by atoms with Gasteiger partial charge in [0.1, 0.15) is 22.8 Å². The Labute approximate surface area is 299 Å². The van der Waals surface area contributed by atoms with Crippen molar-refractivity contribution in [2.24, 2.45) is 11.8 Å². The Hall–Kier alpha value is -4.41. The van der Waals surface area contributed by atoms with E-state index in [4.69, 9.17) is 9.47 Å². The first kappa shape index (κ1) is 37.8. The van der Waals surface area contributed by atoms with Crippen LogP contribution in [0.1, 0.15) is 91.1 Å². The molecule has 4 atom stereocenters. The molecule has 2 aliphatic heterocycles. The predicted molar refractivity (Wildman–Crippen MR) is 195 cm³/mol. The second kappa shape index (κ2) is 14.7. The third-order valence-electron chi connectivity index (χ3n) is 9.80. The summed E-state index contributed by atoms with van der Waals surface area (Å²) in [5.41, 5.74) is 2.36. The summed E-state index contributed by atoms with van der Waals surface area (Å²) in [6, 6.07) is 9.35. The van der Waals surface area contributed by atoms with Crippen LogP contribution in [0.15, 0.2) is 48.8 Å². The van der Waals surface area contributed by atoms with Gasteiger partial charge in [-0.2, -0.15) is 0 Å². The molecule has 0 unspecified atom stereocenters. The molecule has 0 saturated carbocycles. The zero-order valence-corrected chi connectivity index (χ0v) is 31.3. The topological polar surface area (TPSA) is 96.9 Å². The van der Waals surface area contributed by atoms with Crippen molar-refractivity contribution < 1.29 is 32.6 Å². The summed E-state index contributed by atoms with van der Waals surface area (Å²) in [4.78, 5) is 43.9. The van der Waals surface area contributed by atoms with Crippen LogP contribution in [-0.4, -0.2) is 73.8 Å². The van der Waals surface area contributed by atoms with Crippen LogP contribution in [0.4, 0.5) is 18.4 Å². The maximum atomic E-state index is 13.7. The maximum Gasteiger partial charge on any atom is 0.410 e. The minimum atomic E-state index is -0.546. The fourth-order valence-corrected chi connectivity index (χ4v) is 7.21. The van der Waals surface area contributed by atoms with Crippen molar-refractivity contribution in [3.8, 4) is 0 Å². The summed E-state index contributed by atoms with van der Waals surface area (Å²) in [6.07, 6.45) is 6.35. The molecule has 1 N–H and O–H groups in total.